The van der Waals surface area contributed by atoms with Gasteiger partial charge in [-0.3, -0.25) is 19.4 Å². The van der Waals surface area contributed by atoms with E-state index in [1.807, 2.05) is 38.9 Å². The van der Waals surface area contributed by atoms with Crippen molar-refractivity contribution in [2.24, 2.45) is 17.3 Å². The lowest BCUT2D eigenvalue weighted by molar-refractivity contribution is -0.295. The van der Waals surface area contributed by atoms with Gasteiger partial charge in [0, 0.05) is 70.7 Å². The quantitative estimate of drug-likeness (QED) is 0.334. The molecule has 0 amide bonds. The van der Waals surface area contributed by atoms with Crippen molar-refractivity contribution in [3.05, 3.63) is 18.5 Å². The van der Waals surface area contributed by atoms with E-state index in [9.17, 15) is 14.7 Å². The minimum Gasteiger partial charge on any atom is -0.463 e. The summed E-state index contributed by atoms with van der Waals surface area (Å²) in [5, 5.41) is 11.3. The van der Waals surface area contributed by atoms with Crippen LogP contribution in [0, 0.1) is 17.3 Å². The minimum atomic E-state index is -1.44. The third kappa shape index (κ3) is 8.90. The summed E-state index contributed by atoms with van der Waals surface area (Å²) in [6, 6.07) is 1.55. The monoisotopic (exact) mass is 676 g/mol. The Bertz CT molecular complexity index is 1200. The average Bonchev–Trinajstić information content (AvgIpc) is 3.05. The lowest BCUT2D eigenvalue weighted by Gasteiger charge is -2.47. The summed E-state index contributed by atoms with van der Waals surface area (Å²) in [6.07, 6.45) is 1.85. The summed E-state index contributed by atoms with van der Waals surface area (Å²) in [6.45, 7) is 16.0. The number of hydrogen-bond acceptors (Lipinski definition) is 13. The molecule has 0 bridgehead atoms. The molecule has 3 fully saturated rings. The number of Topliss-reactive ketones (excluding diaryl/α,β-unsaturated/α-hetero) is 1. The molecule has 1 N–H and O–H groups in total. The van der Waals surface area contributed by atoms with Crippen molar-refractivity contribution in [3.8, 4) is 0 Å². The van der Waals surface area contributed by atoms with Gasteiger partial charge in [0.2, 0.25) is 5.95 Å². The van der Waals surface area contributed by atoms with E-state index in [2.05, 4.69) is 38.6 Å². The first-order chi connectivity index (χ1) is 22.6. The Kier molecular flexibility index (Phi) is 13.0. The molecule has 13 heteroatoms. The third-order valence-corrected chi connectivity index (χ3v) is 10.7. The average molecular weight is 677 g/mol. The summed E-state index contributed by atoms with van der Waals surface area (Å²) in [7, 11) is 7.54. The molecule has 0 saturated carbocycles. The van der Waals surface area contributed by atoms with Crippen LogP contribution in [0.2, 0.25) is 0 Å². The maximum atomic E-state index is 14.3. The second-order valence-corrected chi connectivity index (χ2v) is 15.3. The Morgan fingerprint density at radius 1 is 1.06 bits per heavy atom. The number of esters is 1. The number of aromatic nitrogens is 2. The van der Waals surface area contributed by atoms with Gasteiger partial charge in [0.15, 0.2) is 12.1 Å². The highest BCUT2D eigenvalue weighted by Crippen LogP contribution is 2.38. The molecular weight excluding hydrogens is 616 g/mol. The summed E-state index contributed by atoms with van der Waals surface area (Å²) < 4.78 is 25.0. The first kappa shape index (κ1) is 38.5. The Morgan fingerprint density at radius 3 is 2.31 bits per heavy atom. The Hall–Kier alpha value is -2.26. The molecule has 0 radical (unpaired) electrons. The van der Waals surface area contributed by atoms with Crippen molar-refractivity contribution < 1.29 is 33.6 Å². The van der Waals surface area contributed by atoms with Crippen LogP contribution in [-0.2, 0) is 28.5 Å². The van der Waals surface area contributed by atoms with E-state index in [-0.39, 0.29) is 36.5 Å². The zero-order valence-corrected chi connectivity index (χ0v) is 30.8. The highest BCUT2D eigenvalue weighted by atomic mass is 16.7. The maximum Gasteiger partial charge on any atom is 0.319 e. The van der Waals surface area contributed by atoms with Crippen LogP contribution in [0.5, 0.6) is 0 Å². The number of carbonyl (C=O) groups is 2. The Balaban J connectivity index is 1.57. The van der Waals surface area contributed by atoms with Crippen LogP contribution < -0.4 is 4.90 Å². The molecule has 4 rings (SSSR count). The molecule has 0 spiro atoms. The topological polar surface area (TPSA) is 130 Å². The number of rotatable bonds is 7. The molecule has 0 aromatic carbocycles. The number of methoxy groups -OCH3 is 1. The Labute approximate surface area is 287 Å². The van der Waals surface area contributed by atoms with E-state index < -0.39 is 41.4 Å². The van der Waals surface area contributed by atoms with Crippen molar-refractivity contribution in [3.63, 3.8) is 0 Å². The number of piperazine rings is 1. The van der Waals surface area contributed by atoms with Gasteiger partial charge in [0.05, 0.1) is 23.9 Å². The van der Waals surface area contributed by atoms with Gasteiger partial charge in [-0.15, -0.1) is 0 Å². The van der Waals surface area contributed by atoms with Gasteiger partial charge in [-0.1, -0.05) is 13.8 Å². The van der Waals surface area contributed by atoms with Crippen LogP contribution >= 0.6 is 0 Å². The van der Waals surface area contributed by atoms with Gasteiger partial charge < -0.3 is 33.9 Å². The number of aliphatic hydroxyl groups excluding tert-OH is 1. The lowest BCUT2D eigenvalue weighted by atomic mass is 9.74. The number of nitrogens with zero attached hydrogens (tertiary/aromatic N) is 6. The first-order valence-corrected chi connectivity index (χ1v) is 17.4. The molecule has 9 atom stereocenters. The van der Waals surface area contributed by atoms with E-state index in [1.54, 1.807) is 40.3 Å². The summed E-state index contributed by atoms with van der Waals surface area (Å²) >= 11 is 0. The van der Waals surface area contributed by atoms with Crippen molar-refractivity contribution >= 4 is 17.7 Å². The number of hydrogen-bond donors (Lipinski definition) is 1. The molecule has 0 unspecified atom stereocenters. The molecule has 48 heavy (non-hydrogen) atoms. The van der Waals surface area contributed by atoms with Crippen molar-refractivity contribution in [1.29, 1.82) is 0 Å². The zero-order chi connectivity index (χ0) is 35.4. The zero-order valence-electron chi connectivity index (χ0n) is 30.8. The van der Waals surface area contributed by atoms with Crippen LogP contribution in [0.1, 0.15) is 54.4 Å². The molecule has 1 aromatic heterocycles. The van der Waals surface area contributed by atoms with E-state index >= 15 is 0 Å². The second-order valence-electron chi connectivity index (χ2n) is 15.3. The summed E-state index contributed by atoms with van der Waals surface area (Å²) in [5.74, 6) is -0.781. The van der Waals surface area contributed by atoms with Crippen LogP contribution in [-0.4, -0.2) is 158 Å². The lowest BCUT2D eigenvalue weighted by Crippen LogP contribution is -2.59. The van der Waals surface area contributed by atoms with Crippen molar-refractivity contribution in [2.45, 2.75) is 96.7 Å². The minimum absolute atomic E-state index is 0.0870. The van der Waals surface area contributed by atoms with Gasteiger partial charge in [-0.05, 0) is 73.7 Å². The summed E-state index contributed by atoms with van der Waals surface area (Å²) in [5.41, 5.74) is -2.38. The fraction of sp³-hybridized carbons (Fsp3) is 0.829. The number of anilines is 1. The van der Waals surface area contributed by atoms with Gasteiger partial charge in [0.25, 0.3) is 0 Å². The molecule has 3 saturated heterocycles. The predicted molar refractivity (Wildman–Crippen MR) is 183 cm³/mol. The van der Waals surface area contributed by atoms with Crippen molar-refractivity contribution in [2.75, 3.05) is 79.0 Å². The fourth-order valence-corrected chi connectivity index (χ4v) is 7.66. The number of aliphatic hydroxyl groups is 1. The number of ketones is 1. The second kappa shape index (κ2) is 16.2. The van der Waals surface area contributed by atoms with Crippen LogP contribution in [0.15, 0.2) is 18.5 Å². The van der Waals surface area contributed by atoms with Gasteiger partial charge >= 0.3 is 5.97 Å². The van der Waals surface area contributed by atoms with Crippen LogP contribution in [0.3, 0.4) is 0 Å². The molecule has 13 nitrogen and oxygen atoms in total. The largest absolute Gasteiger partial charge is 0.463 e. The number of carbonyl (C=O) groups excluding carboxylic acids is 2. The van der Waals surface area contributed by atoms with Gasteiger partial charge in [0.1, 0.15) is 18.1 Å². The fourth-order valence-electron chi connectivity index (χ4n) is 7.66. The maximum absolute atomic E-state index is 14.3. The van der Waals surface area contributed by atoms with E-state index in [0.29, 0.717) is 25.9 Å². The highest BCUT2D eigenvalue weighted by molar-refractivity contribution is 6.04. The van der Waals surface area contributed by atoms with E-state index in [1.165, 1.54) is 0 Å². The predicted octanol–water partition coefficient (Wildman–Crippen LogP) is 1.93. The smallest absolute Gasteiger partial charge is 0.319 e. The number of likely N-dealkylation sites (N-methyl/N-ethyl adjacent to an activating group) is 2. The molecule has 1 aromatic rings. The van der Waals surface area contributed by atoms with Gasteiger partial charge in [-0.2, -0.15) is 0 Å². The third-order valence-electron chi connectivity index (χ3n) is 10.7. The molecular formula is C35H60N6O7. The molecule has 3 aliphatic rings. The Morgan fingerprint density at radius 2 is 1.71 bits per heavy atom. The normalized spacial score (nSPS) is 36.6. The van der Waals surface area contributed by atoms with E-state index in [4.69, 9.17) is 18.9 Å². The SMILES string of the molecule is CO[C@]1(C)C[C@@H](C)CN(C)[C@H](CN2CCN(c3ncccn3)CC2)COC(=O)C(C)(C)C(=O)[C@H](C)[C@H]1O[C@@H]1O[C@H](C)C[C@H](N(C)C)[C@H]1O. The highest BCUT2D eigenvalue weighted by Gasteiger charge is 2.51. The van der Waals surface area contributed by atoms with E-state index in [0.717, 1.165) is 32.1 Å². The molecule has 0 aliphatic carbocycles. The molecule has 4 heterocycles. The summed E-state index contributed by atoms with van der Waals surface area (Å²) in [4.78, 5) is 45.6. The van der Waals surface area contributed by atoms with Crippen LogP contribution in [0.25, 0.3) is 0 Å². The first-order valence-electron chi connectivity index (χ1n) is 17.4. The number of ether oxygens (including phenoxy) is 4. The van der Waals surface area contributed by atoms with Gasteiger partial charge in [-0.25, -0.2) is 9.97 Å². The van der Waals surface area contributed by atoms with Crippen molar-refractivity contribution in [1.82, 2.24) is 24.7 Å². The number of cyclic esters (lactones) is 1. The molecule has 272 valence electrons. The van der Waals surface area contributed by atoms with Crippen LogP contribution in [0.4, 0.5) is 5.95 Å². The molecule has 3 aliphatic heterocycles. The standard InChI is InChI=1S/C35H60N6O7/c1-23-19-35(6,45-10)30(48-31-28(42)27(38(7)8)18-24(2)47-31)25(3)29(43)34(4,5)32(44)46-22-26(39(9)20-23)21-40-14-16-41(17-15-40)33-36-12-11-13-37-33/h11-13,23-28,30-31,42H,14-22H2,1-10H3/t23-,24-,25+,26-,27+,28-,30-,31+,35-/m1/s1.